The number of anilines is 1. The van der Waals surface area contributed by atoms with Gasteiger partial charge in [0.2, 0.25) is 16.1 Å². The number of aromatic amines is 1. The Balaban J connectivity index is 1.74. The van der Waals surface area contributed by atoms with Crippen LogP contribution in [0.4, 0.5) is 23.2 Å². The molecule has 2 N–H and O–H groups in total. The molecular formula is C29H23F4N3O7S. The number of hydrogen-bond acceptors (Lipinski definition) is 7. The van der Waals surface area contributed by atoms with Crippen molar-refractivity contribution >= 4 is 60.4 Å². The fourth-order valence-electron chi connectivity index (χ4n) is 5.01. The van der Waals surface area contributed by atoms with Gasteiger partial charge in [-0.3, -0.25) is 13.9 Å². The van der Waals surface area contributed by atoms with Crippen molar-refractivity contribution in [3.8, 4) is 11.1 Å². The summed E-state index contributed by atoms with van der Waals surface area (Å²) in [4.78, 5) is 40.3. The van der Waals surface area contributed by atoms with Crippen LogP contribution in [0.2, 0.25) is 0 Å². The maximum absolute atomic E-state index is 13.9. The van der Waals surface area contributed by atoms with E-state index in [9.17, 15) is 40.4 Å². The molecule has 0 radical (unpaired) electrons. The molecule has 5 rings (SSSR count). The highest BCUT2D eigenvalue weighted by Gasteiger charge is 2.47. The summed E-state index contributed by atoms with van der Waals surface area (Å²) in [5, 5.41) is 2.36. The van der Waals surface area contributed by atoms with Gasteiger partial charge in [-0.05, 0) is 48.9 Å². The van der Waals surface area contributed by atoms with Crippen molar-refractivity contribution < 1.29 is 44.7 Å². The van der Waals surface area contributed by atoms with Crippen molar-refractivity contribution in [3.63, 3.8) is 0 Å². The molecule has 0 saturated carbocycles. The van der Waals surface area contributed by atoms with Crippen LogP contribution in [-0.4, -0.2) is 57.4 Å². The van der Waals surface area contributed by atoms with Gasteiger partial charge in [-0.15, -0.1) is 0 Å². The molecule has 44 heavy (non-hydrogen) atoms. The minimum Gasteiger partial charge on any atom is -0.467 e. The molecular weight excluding hydrogens is 610 g/mol. The Hall–Kier alpha value is -4.92. The standard InChI is InChI=1S/C29H23F4N3O7S/c1-4-36(44(3,40)41)21-13-22-19(23-24(43-22)17-9-8-16(30)11-20(17)34-27(23)38)12-18(21)14-6-5-7-15(10-14)26(37)35-25(28(39)42-2)29(31,32)33/h5-13,25H,4H2,1-3H3,(H,34,38)(H,35,37). The highest BCUT2D eigenvalue weighted by molar-refractivity contribution is 7.92. The number of ether oxygens (including phenoxy) is 1. The molecule has 2 aromatic heterocycles. The lowest BCUT2D eigenvalue weighted by Crippen LogP contribution is -2.51. The number of nitrogens with zero attached hydrogens (tertiary/aromatic N) is 1. The number of carbonyl (C=O) groups is 2. The minimum absolute atomic E-state index is 0.0348. The maximum Gasteiger partial charge on any atom is 0.419 e. The molecule has 0 saturated heterocycles. The lowest BCUT2D eigenvalue weighted by Gasteiger charge is -2.24. The van der Waals surface area contributed by atoms with Crippen molar-refractivity contribution in [2.45, 2.75) is 19.1 Å². The summed E-state index contributed by atoms with van der Waals surface area (Å²) in [5.41, 5.74) is 0.0245. The van der Waals surface area contributed by atoms with Gasteiger partial charge in [0.05, 0.1) is 30.0 Å². The van der Waals surface area contributed by atoms with Crippen LogP contribution in [0, 0.1) is 5.82 Å². The summed E-state index contributed by atoms with van der Waals surface area (Å²) < 4.78 is 91.0. The molecule has 3 aromatic carbocycles. The number of halogens is 4. The SMILES string of the molecule is CCN(c1cc2oc3c4ccc(F)cc4[nH]c(=O)c3c2cc1-c1cccc(C(=O)NC(C(=O)OC)C(F)(F)F)c1)S(C)(=O)=O. The fraction of sp³-hybridized carbons (Fsp3) is 0.207. The van der Waals surface area contributed by atoms with E-state index in [1.54, 1.807) is 12.2 Å². The number of benzene rings is 3. The lowest BCUT2D eigenvalue weighted by molar-refractivity contribution is -0.180. The summed E-state index contributed by atoms with van der Waals surface area (Å²) >= 11 is 0. The Kier molecular flexibility index (Phi) is 7.61. The first-order valence-electron chi connectivity index (χ1n) is 12.9. The number of H-pyrrole nitrogens is 1. The molecule has 0 aliphatic carbocycles. The topological polar surface area (TPSA) is 139 Å². The van der Waals surface area contributed by atoms with Crippen molar-refractivity contribution in [1.29, 1.82) is 0 Å². The van der Waals surface area contributed by atoms with Crippen LogP contribution in [0.3, 0.4) is 0 Å². The van der Waals surface area contributed by atoms with Crippen LogP contribution < -0.4 is 15.2 Å². The molecule has 1 atom stereocenters. The summed E-state index contributed by atoms with van der Waals surface area (Å²) in [5.74, 6) is -3.55. The molecule has 15 heteroatoms. The largest absolute Gasteiger partial charge is 0.467 e. The predicted octanol–water partition coefficient (Wildman–Crippen LogP) is 4.85. The van der Waals surface area contributed by atoms with Crippen molar-refractivity contribution in [2.24, 2.45) is 0 Å². The number of rotatable bonds is 7. The normalized spacial score (nSPS) is 12.9. The van der Waals surface area contributed by atoms with Crippen LogP contribution in [0.5, 0.6) is 0 Å². The summed E-state index contributed by atoms with van der Waals surface area (Å²) in [7, 11) is -3.14. The molecule has 2 heterocycles. The minimum atomic E-state index is -5.14. The first kappa shape index (κ1) is 30.5. The van der Waals surface area contributed by atoms with E-state index in [2.05, 4.69) is 9.72 Å². The zero-order valence-corrected chi connectivity index (χ0v) is 24.0. The van der Waals surface area contributed by atoms with Gasteiger partial charge >= 0.3 is 12.1 Å². The Bertz CT molecular complexity index is 2140. The van der Waals surface area contributed by atoms with Gasteiger partial charge in [0, 0.05) is 34.5 Å². The van der Waals surface area contributed by atoms with Gasteiger partial charge in [-0.25, -0.2) is 17.6 Å². The van der Waals surface area contributed by atoms with E-state index in [1.165, 1.54) is 48.5 Å². The Morgan fingerprint density at radius 3 is 2.45 bits per heavy atom. The molecule has 0 spiro atoms. The van der Waals surface area contributed by atoms with Crippen molar-refractivity contribution in [2.75, 3.05) is 24.2 Å². The number of alkyl halides is 3. The first-order valence-corrected chi connectivity index (χ1v) is 14.7. The van der Waals surface area contributed by atoms with E-state index in [-0.39, 0.29) is 56.4 Å². The van der Waals surface area contributed by atoms with Crippen LogP contribution >= 0.6 is 0 Å². The number of pyridine rings is 1. The number of amides is 1. The molecule has 0 bridgehead atoms. The van der Waals surface area contributed by atoms with E-state index < -0.39 is 45.5 Å². The third-order valence-electron chi connectivity index (χ3n) is 6.94. The molecule has 230 valence electrons. The number of esters is 1. The molecule has 10 nitrogen and oxygen atoms in total. The van der Waals surface area contributed by atoms with Crippen molar-refractivity contribution in [3.05, 3.63) is 76.3 Å². The number of aromatic nitrogens is 1. The van der Waals surface area contributed by atoms with Gasteiger partial charge in [0.1, 0.15) is 17.0 Å². The van der Waals surface area contributed by atoms with Crippen LogP contribution in [0.1, 0.15) is 17.3 Å². The first-order chi connectivity index (χ1) is 20.6. The van der Waals surface area contributed by atoms with Crippen molar-refractivity contribution in [1.82, 2.24) is 10.3 Å². The second kappa shape index (κ2) is 11.0. The Labute approximate surface area is 246 Å². The zero-order chi connectivity index (χ0) is 32.1. The smallest absolute Gasteiger partial charge is 0.419 e. The average molecular weight is 634 g/mol. The number of nitrogens with one attached hydrogen (secondary N) is 2. The number of hydrogen-bond donors (Lipinski definition) is 2. The van der Waals surface area contributed by atoms with E-state index in [0.717, 1.165) is 23.7 Å². The van der Waals surface area contributed by atoms with Gasteiger partial charge < -0.3 is 19.5 Å². The third-order valence-corrected chi connectivity index (χ3v) is 8.20. The van der Waals surface area contributed by atoms with E-state index in [0.29, 0.717) is 5.39 Å². The maximum atomic E-state index is 13.9. The Morgan fingerprint density at radius 2 is 1.82 bits per heavy atom. The highest BCUT2D eigenvalue weighted by Crippen LogP contribution is 2.40. The molecule has 0 aliphatic heterocycles. The lowest BCUT2D eigenvalue weighted by atomic mass is 9.98. The summed E-state index contributed by atoms with van der Waals surface area (Å²) in [6.07, 6.45) is -4.16. The number of carbonyl (C=O) groups excluding carboxylic acids is 2. The number of methoxy groups -OCH3 is 1. The second-order valence-electron chi connectivity index (χ2n) is 9.80. The zero-order valence-electron chi connectivity index (χ0n) is 23.2. The summed E-state index contributed by atoms with van der Waals surface area (Å²) in [6.45, 7) is 1.54. The number of furan rings is 1. The van der Waals surface area contributed by atoms with Gasteiger partial charge in [0.25, 0.3) is 11.5 Å². The van der Waals surface area contributed by atoms with Crippen LogP contribution in [0.15, 0.2) is 63.8 Å². The Morgan fingerprint density at radius 1 is 1.09 bits per heavy atom. The molecule has 0 aliphatic rings. The molecule has 1 amide bonds. The third kappa shape index (κ3) is 5.45. The fourth-order valence-corrected chi connectivity index (χ4v) is 5.98. The second-order valence-corrected chi connectivity index (χ2v) is 11.7. The number of fused-ring (bicyclic) bond motifs is 5. The number of sulfonamides is 1. The quantitative estimate of drug-likeness (QED) is 0.193. The summed E-state index contributed by atoms with van der Waals surface area (Å²) in [6, 6.07) is 8.95. The van der Waals surface area contributed by atoms with E-state index >= 15 is 0 Å². The van der Waals surface area contributed by atoms with Crippen LogP contribution in [-0.2, 0) is 19.6 Å². The van der Waals surface area contributed by atoms with Gasteiger partial charge in [0.15, 0.2) is 0 Å². The highest BCUT2D eigenvalue weighted by atomic mass is 32.2. The molecule has 0 fully saturated rings. The molecule has 5 aromatic rings. The van der Waals surface area contributed by atoms with Gasteiger partial charge in [-0.1, -0.05) is 12.1 Å². The van der Waals surface area contributed by atoms with E-state index in [1.807, 2.05) is 0 Å². The molecule has 1 unspecified atom stereocenters. The van der Waals surface area contributed by atoms with Gasteiger partial charge in [-0.2, -0.15) is 13.2 Å². The average Bonchev–Trinajstić information content (AvgIpc) is 3.33. The predicted molar refractivity (Wildman–Crippen MR) is 154 cm³/mol. The van der Waals surface area contributed by atoms with Crippen LogP contribution in [0.25, 0.3) is 44.0 Å². The monoisotopic (exact) mass is 633 g/mol. The van der Waals surface area contributed by atoms with E-state index in [4.69, 9.17) is 4.42 Å².